The molecule has 5 nitrogen and oxygen atoms in total. The summed E-state index contributed by atoms with van der Waals surface area (Å²) in [5.74, 6) is 0.107. The lowest BCUT2D eigenvalue weighted by Gasteiger charge is -2.15. The van der Waals surface area contributed by atoms with Crippen molar-refractivity contribution in [3.8, 4) is 11.5 Å². The monoisotopic (exact) mass is 316 g/mol. The molecule has 1 aliphatic heterocycles. The zero-order valence-electron chi connectivity index (χ0n) is 9.81. The lowest BCUT2D eigenvalue weighted by Crippen LogP contribution is -2.13. The first-order chi connectivity index (χ1) is 8.63. The van der Waals surface area contributed by atoms with Crippen LogP contribution in [-0.2, 0) is 9.53 Å². The Morgan fingerprint density at radius 2 is 2.17 bits per heavy atom. The van der Waals surface area contributed by atoms with Crippen LogP contribution in [-0.4, -0.2) is 31.4 Å². The maximum absolute atomic E-state index is 11.1. The maximum atomic E-state index is 11.1. The summed E-state index contributed by atoms with van der Waals surface area (Å²) in [6.07, 6.45) is -0.221. The summed E-state index contributed by atoms with van der Waals surface area (Å²) in [7, 11) is 1.36. The van der Waals surface area contributed by atoms with Gasteiger partial charge in [0.1, 0.15) is 0 Å². The van der Waals surface area contributed by atoms with E-state index in [2.05, 4.69) is 15.9 Å². The van der Waals surface area contributed by atoms with E-state index in [0.717, 1.165) is 6.42 Å². The van der Waals surface area contributed by atoms with Gasteiger partial charge in [0.25, 0.3) is 0 Å². The highest BCUT2D eigenvalue weighted by atomic mass is 79.9. The summed E-state index contributed by atoms with van der Waals surface area (Å²) in [5, 5.41) is 9.06. The summed E-state index contributed by atoms with van der Waals surface area (Å²) in [5.41, 5.74) is 0.515. The number of carbonyl (C=O) groups is 1. The molecule has 1 aromatic carbocycles. The zero-order chi connectivity index (χ0) is 13.1. The van der Waals surface area contributed by atoms with Crippen LogP contribution in [0.25, 0.3) is 0 Å². The number of rotatable bonds is 3. The van der Waals surface area contributed by atoms with Gasteiger partial charge in [0, 0.05) is 13.5 Å². The van der Waals surface area contributed by atoms with Gasteiger partial charge in [-0.05, 0) is 33.6 Å². The van der Waals surface area contributed by atoms with Gasteiger partial charge in [0.2, 0.25) is 0 Å². The summed E-state index contributed by atoms with van der Waals surface area (Å²) in [6.45, 7) is 1.13. The van der Waals surface area contributed by atoms with Crippen molar-refractivity contribution in [2.45, 2.75) is 12.5 Å². The van der Waals surface area contributed by atoms with E-state index in [1.54, 1.807) is 12.1 Å². The minimum absolute atomic E-state index is 0.515. The quantitative estimate of drug-likeness (QED) is 0.927. The van der Waals surface area contributed by atoms with Gasteiger partial charge in [-0.1, -0.05) is 0 Å². The SMILES string of the molecule is COC(C(=O)O)c1cc(Br)c2c(c1)OCCCO2. The molecular weight excluding hydrogens is 304 g/mol. The first-order valence-corrected chi connectivity index (χ1v) is 6.27. The fourth-order valence-corrected chi connectivity index (χ4v) is 2.36. The molecule has 0 bridgehead atoms. The summed E-state index contributed by atoms with van der Waals surface area (Å²) in [6, 6.07) is 3.32. The van der Waals surface area contributed by atoms with E-state index in [9.17, 15) is 4.79 Å². The van der Waals surface area contributed by atoms with Crippen molar-refractivity contribution >= 4 is 21.9 Å². The topological polar surface area (TPSA) is 65.0 Å². The molecule has 0 aliphatic carbocycles. The third-order valence-electron chi connectivity index (χ3n) is 2.59. The van der Waals surface area contributed by atoms with Crippen LogP contribution in [0.3, 0.4) is 0 Å². The third kappa shape index (κ3) is 2.59. The summed E-state index contributed by atoms with van der Waals surface area (Å²) < 4.78 is 16.7. The molecule has 1 aliphatic rings. The number of carboxylic acids is 1. The number of ether oxygens (including phenoxy) is 3. The van der Waals surface area contributed by atoms with E-state index >= 15 is 0 Å². The molecule has 0 radical (unpaired) electrons. The fraction of sp³-hybridized carbons (Fsp3) is 0.417. The van der Waals surface area contributed by atoms with Crippen molar-refractivity contribution in [1.82, 2.24) is 0 Å². The third-order valence-corrected chi connectivity index (χ3v) is 3.18. The molecule has 18 heavy (non-hydrogen) atoms. The second-order valence-electron chi connectivity index (χ2n) is 3.83. The first-order valence-electron chi connectivity index (χ1n) is 5.48. The van der Waals surface area contributed by atoms with Gasteiger partial charge in [-0.25, -0.2) is 4.79 Å². The van der Waals surface area contributed by atoms with Crippen LogP contribution in [0, 0.1) is 0 Å². The smallest absolute Gasteiger partial charge is 0.337 e. The molecule has 6 heteroatoms. The minimum atomic E-state index is -1.04. The molecular formula is C12H13BrO5. The van der Waals surface area contributed by atoms with E-state index in [1.165, 1.54) is 7.11 Å². The molecule has 1 heterocycles. The number of hydrogen-bond acceptors (Lipinski definition) is 4. The van der Waals surface area contributed by atoms with Crippen molar-refractivity contribution < 1.29 is 24.1 Å². The van der Waals surface area contributed by atoms with Gasteiger partial charge in [-0.3, -0.25) is 0 Å². The van der Waals surface area contributed by atoms with E-state index < -0.39 is 12.1 Å². The van der Waals surface area contributed by atoms with Gasteiger partial charge in [0.15, 0.2) is 17.6 Å². The standard InChI is InChI=1S/C12H13BrO5/c1-16-10(12(14)15)7-5-8(13)11-9(6-7)17-3-2-4-18-11/h5-6,10H,2-4H2,1H3,(H,14,15). The van der Waals surface area contributed by atoms with Gasteiger partial charge >= 0.3 is 5.97 Å². The number of benzene rings is 1. The number of fused-ring (bicyclic) bond motifs is 1. The highest BCUT2D eigenvalue weighted by Gasteiger charge is 2.23. The Morgan fingerprint density at radius 3 is 2.83 bits per heavy atom. The number of hydrogen-bond donors (Lipinski definition) is 1. The summed E-state index contributed by atoms with van der Waals surface area (Å²) in [4.78, 5) is 11.1. The van der Waals surface area contributed by atoms with Crippen LogP contribution >= 0.6 is 15.9 Å². The highest BCUT2D eigenvalue weighted by molar-refractivity contribution is 9.10. The van der Waals surface area contributed by atoms with Crippen molar-refractivity contribution in [2.24, 2.45) is 0 Å². The van der Waals surface area contributed by atoms with Crippen molar-refractivity contribution in [3.63, 3.8) is 0 Å². The second kappa shape index (κ2) is 5.58. The fourth-order valence-electron chi connectivity index (χ4n) is 1.78. The molecule has 0 amide bonds. The zero-order valence-corrected chi connectivity index (χ0v) is 11.4. The molecule has 98 valence electrons. The van der Waals surface area contributed by atoms with Crippen LogP contribution in [0.2, 0.25) is 0 Å². The van der Waals surface area contributed by atoms with Crippen LogP contribution in [0.4, 0.5) is 0 Å². The van der Waals surface area contributed by atoms with Crippen LogP contribution in [0.15, 0.2) is 16.6 Å². The van der Waals surface area contributed by atoms with Crippen molar-refractivity contribution in [2.75, 3.05) is 20.3 Å². The van der Waals surface area contributed by atoms with Gasteiger partial charge in [-0.2, -0.15) is 0 Å². The van der Waals surface area contributed by atoms with E-state index in [4.69, 9.17) is 19.3 Å². The van der Waals surface area contributed by atoms with Gasteiger partial charge in [-0.15, -0.1) is 0 Å². The molecule has 1 N–H and O–H groups in total. The molecule has 0 spiro atoms. The minimum Gasteiger partial charge on any atom is -0.490 e. The van der Waals surface area contributed by atoms with Crippen molar-refractivity contribution in [1.29, 1.82) is 0 Å². The van der Waals surface area contributed by atoms with E-state index in [-0.39, 0.29) is 0 Å². The summed E-state index contributed by atoms with van der Waals surface area (Å²) >= 11 is 3.36. The van der Waals surface area contributed by atoms with Crippen molar-refractivity contribution in [3.05, 3.63) is 22.2 Å². The Morgan fingerprint density at radius 1 is 1.44 bits per heavy atom. The van der Waals surface area contributed by atoms with Crippen LogP contribution in [0.1, 0.15) is 18.1 Å². The Kier molecular flexibility index (Phi) is 4.08. The lowest BCUT2D eigenvalue weighted by molar-refractivity contribution is -0.148. The van der Waals surface area contributed by atoms with Crippen LogP contribution < -0.4 is 9.47 Å². The first kappa shape index (κ1) is 13.2. The normalized spacial score (nSPS) is 15.9. The largest absolute Gasteiger partial charge is 0.490 e. The Hall–Kier alpha value is -1.27. The molecule has 0 fully saturated rings. The molecule has 0 saturated carbocycles. The average Bonchev–Trinajstić information content (AvgIpc) is 2.55. The van der Waals surface area contributed by atoms with Gasteiger partial charge < -0.3 is 19.3 Å². The Bertz CT molecular complexity index is 460. The average molecular weight is 317 g/mol. The molecule has 2 rings (SSSR count). The second-order valence-corrected chi connectivity index (χ2v) is 4.69. The Balaban J connectivity index is 2.42. The molecule has 0 aromatic heterocycles. The number of halogens is 1. The molecule has 1 unspecified atom stereocenters. The predicted molar refractivity (Wildman–Crippen MR) is 67.1 cm³/mol. The molecule has 1 aromatic rings. The van der Waals surface area contributed by atoms with E-state index in [1.807, 2.05) is 0 Å². The van der Waals surface area contributed by atoms with Gasteiger partial charge in [0.05, 0.1) is 17.7 Å². The molecule has 1 atom stereocenters. The highest BCUT2D eigenvalue weighted by Crippen LogP contribution is 2.40. The Labute approximate surface area is 113 Å². The number of carboxylic acid groups (broad SMARTS) is 1. The number of methoxy groups -OCH3 is 1. The number of aliphatic carboxylic acids is 1. The lowest BCUT2D eigenvalue weighted by atomic mass is 10.1. The maximum Gasteiger partial charge on any atom is 0.337 e. The predicted octanol–water partition coefficient (Wildman–Crippen LogP) is 2.38. The molecule has 0 saturated heterocycles. The van der Waals surface area contributed by atoms with E-state index in [0.29, 0.717) is 34.7 Å². The van der Waals surface area contributed by atoms with Crippen LogP contribution in [0.5, 0.6) is 11.5 Å².